The highest BCUT2D eigenvalue weighted by Crippen LogP contribution is 2.29. The fourth-order valence-corrected chi connectivity index (χ4v) is 5.21. The lowest BCUT2D eigenvalue weighted by atomic mass is 9.96. The number of aryl methyl sites for hydroxylation is 1. The van der Waals surface area contributed by atoms with E-state index < -0.39 is 33.3 Å². The van der Waals surface area contributed by atoms with Gasteiger partial charge in [-0.15, -0.1) is 0 Å². The monoisotopic (exact) mass is 490 g/mol. The number of piperidine rings is 1. The van der Waals surface area contributed by atoms with E-state index in [1.807, 2.05) is 0 Å². The number of nitro benzene ring substituents is 1. The maximum absolute atomic E-state index is 13.6. The number of likely N-dealkylation sites (tertiary alicyclic amines) is 1. The summed E-state index contributed by atoms with van der Waals surface area (Å²) in [6.07, 6.45) is 0.807. The molecule has 0 bridgehead atoms. The highest BCUT2D eigenvalue weighted by atomic mass is 32.2. The van der Waals surface area contributed by atoms with Crippen molar-refractivity contribution in [2.24, 2.45) is 11.7 Å². The van der Waals surface area contributed by atoms with E-state index in [1.54, 1.807) is 12.1 Å². The first-order chi connectivity index (χ1) is 16.0. The van der Waals surface area contributed by atoms with Crippen molar-refractivity contribution in [3.8, 4) is 5.75 Å². The maximum Gasteiger partial charge on any atom is 0.273 e. The fraction of sp³-hybridized carbons (Fsp3) is 0.364. The molecule has 0 atom stereocenters. The number of sulfonamides is 1. The van der Waals surface area contributed by atoms with Crippen LogP contribution in [0.3, 0.4) is 0 Å². The number of nitro groups is 1. The van der Waals surface area contributed by atoms with Gasteiger partial charge in [-0.1, -0.05) is 6.07 Å². The summed E-state index contributed by atoms with van der Waals surface area (Å²) in [7, 11) is -2.87. The third-order valence-electron chi connectivity index (χ3n) is 5.85. The first-order valence-corrected chi connectivity index (χ1v) is 12.0. The number of carbonyl (C=O) groups is 2. The van der Waals surface area contributed by atoms with Crippen LogP contribution in [-0.4, -0.2) is 56.8 Å². The Morgan fingerprint density at radius 1 is 1.18 bits per heavy atom. The Labute approximate surface area is 197 Å². The van der Waals surface area contributed by atoms with Crippen LogP contribution in [-0.2, 0) is 19.6 Å². The first-order valence-electron chi connectivity index (χ1n) is 10.5. The largest absolute Gasteiger partial charge is 0.497 e. The lowest BCUT2D eigenvalue weighted by Gasteiger charge is -2.33. The van der Waals surface area contributed by atoms with Crippen LogP contribution in [0.1, 0.15) is 18.4 Å². The van der Waals surface area contributed by atoms with Gasteiger partial charge < -0.3 is 15.4 Å². The lowest BCUT2D eigenvalue weighted by Crippen LogP contribution is -2.47. The van der Waals surface area contributed by atoms with Gasteiger partial charge in [0.2, 0.25) is 11.8 Å². The molecular formula is C22H26N4O7S. The van der Waals surface area contributed by atoms with Gasteiger partial charge in [0, 0.05) is 30.6 Å². The number of nitrogens with zero attached hydrogens (tertiary/aromatic N) is 3. The third-order valence-corrected chi connectivity index (χ3v) is 7.62. The summed E-state index contributed by atoms with van der Waals surface area (Å²) in [5.74, 6) is -0.704. The molecule has 0 radical (unpaired) electrons. The van der Waals surface area contributed by atoms with Crippen LogP contribution in [0, 0.1) is 23.0 Å². The zero-order chi connectivity index (χ0) is 25.0. The normalized spacial score (nSPS) is 14.5. The Balaban J connectivity index is 1.95. The molecule has 0 aromatic heterocycles. The van der Waals surface area contributed by atoms with Gasteiger partial charge in [0.25, 0.3) is 15.7 Å². The number of rotatable bonds is 8. The molecule has 1 saturated heterocycles. The highest BCUT2D eigenvalue weighted by molar-refractivity contribution is 7.92. The minimum Gasteiger partial charge on any atom is -0.497 e. The molecule has 11 nitrogen and oxygen atoms in total. The zero-order valence-corrected chi connectivity index (χ0v) is 19.7. The van der Waals surface area contributed by atoms with Gasteiger partial charge in [0.05, 0.1) is 22.6 Å². The number of amides is 2. The predicted molar refractivity (Wildman–Crippen MR) is 124 cm³/mol. The summed E-state index contributed by atoms with van der Waals surface area (Å²) < 4.78 is 33.2. The van der Waals surface area contributed by atoms with Crippen LogP contribution in [0.15, 0.2) is 47.4 Å². The van der Waals surface area contributed by atoms with Crippen molar-refractivity contribution in [1.82, 2.24) is 4.90 Å². The summed E-state index contributed by atoms with van der Waals surface area (Å²) in [5.41, 5.74) is 5.52. The van der Waals surface area contributed by atoms with E-state index >= 15 is 0 Å². The smallest absolute Gasteiger partial charge is 0.273 e. The number of nitrogens with two attached hydrogens (primary N) is 1. The van der Waals surface area contributed by atoms with E-state index in [4.69, 9.17) is 10.5 Å². The molecule has 2 aromatic carbocycles. The van der Waals surface area contributed by atoms with Crippen molar-refractivity contribution in [2.75, 3.05) is 31.0 Å². The number of anilines is 1. The van der Waals surface area contributed by atoms with Crippen LogP contribution in [0.5, 0.6) is 5.75 Å². The number of ether oxygens (including phenoxy) is 1. The van der Waals surface area contributed by atoms with Crippen LogP contribution in [0.2, 0.25) is 0 Å². The van der Waals surface area contributed by atoms with Crippen molar-refractivity contribution in [2.45, 2.75) is 24.7 Å². The van der Waals surface area contributed by atoms with Crippen molar-refractivity contribution in [3.05, 3.63) is 58.1 Å². The number of primary amides is 1. The van der Waals surface area contributed by atoms with Crippen molar-refractivity contribution >= 4 is 33.2 Å². The molecule has 3 rings (SSSR count). The molecule has 2 N–H and O–H groups in total. The van der Waals surface area contributed by atoms with E-state index in [1.165, 1.54) is 43.2 Å². The minimum absolute atomic E-state index is 0.199. The van der Waals surface area contributed by atoms with Gasteiger partial charge >= 0.3 is 0 Å². The molecule has 2 amide bonds. The van der Waals surface area contributed by atoms with Gasteiger partial charge in [0.15, 0.2) is 0 Å². The average Bonchev–Trinajstić information content (AvgIpc) is 2.82. The van der Waals surface area contributed by atoms with Crippen LogP contribution in [0.4, 0.5) is 11.4 Å². The van der Waals surface area contributed by atoms with Crippen LogP contribution < -0.4 is 14.8 Å². The van der Waals surface area contributed by atoms with E-state index in [0.29, 0.717) is 24.2 Å². The van der Waals surface area contributed by atoms with Crippen LogP contribution in [0.25, 0.3) is 0 Å². The first kappa shape index (κ1) is 25.0. The Bertz CT molecular complexity index is 1190. The molecule has 0 saturated carbocycles. The van der Waals surface area contributed by atoms with E-state index in [-0.39, 0.29) is 35.3 Å². The van der Waals surface area contributed by atoms with Crippen molar-refractivity contribution in [1.29, 1.82) is 0 Å². The SMILES string of the molecule is COc1ccc(N(CC(=O)N2CCC(C(N)=O)CC2)S(=O)(=O)c2ccc(C)c([N+](=O)[O-])c2)cc1. The Morgan fingerprint density at radius 3 is 2.32 bits per heavy atom. The quantitative estimate of drug-likeness (QED) is 0.437. The summed E-state index contributed by atoms with van der Waals surface area (Å²) in [6, 6.07) is 9.71. The van der Waals surface area contributed by atoms with E-state index in [0.717, 1.165) is 10.4 Å². The second-order valence-electron chi connectivity index (χ2n) is 7.97. The molecular weight excluding hydrogens is 464 g/mol. The summed E-state index contributed by atoms with van der Waals surface area (Å²) >= 11 is 0. The Kier molecular flexibility index (Phi) is 7.40. The predicted octanol–water partition coefficient (Wildman–Crippen LogP) is 1.83. The molecule has 0 unspecified atom stereocenters. The number of methoxy groups -OCH3 is 1. The maximum atomic E-state index is 13.6. The number of hydrogen-bond donors (Lipinski definition) is 1. The van der Waals surface area contributed by atoms with Gasteiger partial charge in [0.1, 0.15) is 12.3 Å². The molecule has 182 valence electrons. The molecule has 0 spiro atoms. The van der Waals surface area contributed by atoms with Crippen LogP contribution >= 0.6 is 0 Å². The summed E-state index contributed by atoms with van der Waals surface area (Å²) in [4.78, 5) is 36.4. The standard InChI is InChI=1S/C22H26N4O7S/c1-15-3-8-19(13-20(15)26(29)30)34(31,32)25(17-4-6-18(33-2)7-5-17)14-21(27)24-11-9-16(10-12-24)22(23)28/h3-8,13,16H,9-12,14H2,1-2H3,(H2,23,28). The third kappa shape index (κ3) is 5.28. The molecule has 1 fully saturated rings. The molecule has 0 aliphatic carbocycles. The van der Waals surface area contributed by atoms with Crippen molar-refractivity contribution < 1.29 is 27.7 Å². The van der Waals surface area contributed by atoms with Crippen molar-refractivity contribution in [3.63, 3.8) is 0 Å². The van der Waals surface area contributed by atoms with Gasteiger partial charge in [-0.25, -0.2) is 8.42 Å². The second kappa shape index (κ2) is 10.1. The number of carbonyl (C=O) groups excluding carboxylic acids is 2. The van der Waals surface area contributed by atoms with Gasteiger partial charge in [-0.2, -0.15) is 0 Å². The topological polar surface area (TPSA) is 153 Å². The van der Waals surface area contributed by atoms with Gasteiger partial charge in [-0.3, -0.25) is 24.0 Å². The van der Waals surface area contributed by atoms with Gasteiger partial charge in [-0.05, 0) is 50.1 Å². The lowest BCUT2D eigenvalue weighted by molar-refractivity contribution is -0.385. The zero-order valence-electron chi connectivity index (χ0n) is 18.8. The average molecular weight is 491 g/mol. The fourth-order valence-electron chi connectivity index (χ4n) is 3.77. The number of hydrogen-bond acceptors (Lipinski definition) is 7. The Morgan fingerprint density at radius 2 is 1.79 bits per heavy atom. The van der Waals surface area contributed by atoms with E-state index in [9.17, 15) is 28.1 Å². The summed E-state index contributed by atoms with van der Waals surface area (Å²) in [5, 5.41) is 11.4. The second-order valence-corrected chi connectivity index (χ2v) is 9.83. The number of benzene rings is 2. The molecule has 1 heterocycles. The minimum atomic E-state index is -4.34. The molecule has 2 aromatic rings. The summed E-state index contributed by atoms with van der Waals surface area (Å²) in [6.45, 7) is 1.55. The molecule has 1 aliphatic rings. The molecule has 34 heavy (non-hydrogen) atoms. The highest BCUT2D eigenvalue weighted by Gasteiger charge is 2.32. The molecule has 12 heteroatoms. The molecule has 1 aliphatic heterocycles. The Hall–Kier alpha value is -3.67. The van der Waals surface area contributed by atoms with E-state index in [2.05, 4.69) is 0 Å².